The third-order valence-electron chi connectivity index (χ3n) is 13.5. The fraction of sp³-hybridized carbons (Fsp3) is 0.650. The minimum Gasteiger partial charge on any atom is -0.414 e. The second-order valence-electron chi connectivity index (χ2n) is 17.1. The Morgan fingerprint density at radius 3 is 2.20 bits per heavy atom. The lowest BCUT2D eigenvalue weighted by atomic mass is 9.61. The molecule has 5 heteroatoms. The van der Waals surface area contributed by atoms with E-state index < -0.39 is 15.5 Å². The lowest BCUT2D eigenvalue weighted by Gasteiger charge is -2.45. The first kappa shape index (κ1) is 33.4. The number of ether oxygens (including phenoxy) is 1. The summed E-state index contributed by atoms with van der Waals surface area (Å²) in [4.78, 5) is 0. The Kier molecular flexibility index (Phi) is 9.08. The number of hydrogen-bond donors (Lipinski definition) is 0. The van der Waals surface area contributed by atoms with Gasteiger partial charge in [0.15, 0.2) is 8.32 Å². The molecule has 0 bridgehead atoms. The third-order valence-corrected chi connectivity index (χ3v) is 21.4. The lowest BCUT2D eigenvalue weighted by Crippen LogP contribution is -2.44. The van der Waals surface area contributed by atoms with Crippen LogP contribution in [0, 0.1) is 34.5 Å². The Morgan fingerprint density at radius 2 is 1.62 bits per heavy atom. The molecule has 0 aliphatic heterocycles. The molecule has 2 aromatic carbocycles. The molecule has 246 valence electrons. The van der Waals surface area contributed by atoms with Crippen molar-refractivity contribution in [3.8, 4) is 0 Å². The van der Waals surface area contributed by atoms with Gasteiger partial charge in [-0.3, -0.25) is 0 Å². The Bertz CT molecular complexity index is 1370. The van der Waals surface area contributed by atoms with Crippen LogP contribution in [0.3, 0.4) is 0 Å². The van der Waals surface area contributed by atoms with Crippen LogP contribution in [-0.2, 0) is 13.7 Å². The summed E-state index contributed by atoms with van der Waals surface area (Å²) in [5, 5.41) is 2.25. The van der Waals surface area contributed by atoms with Crippen molar-refractivity contribution in [1.82, 2.24) is 0 Å². The van der Waals surface area contributed by atoms with E-state index >= 15 is 4.57 Å². The van der Waals surface area contributed by atoms with Crippen molar-refractivity contribution in [2.45, 2.75) is 116 Å². The van der Waals surface area contributed by atoms with E-state index in [1.165, 1.54) is 44.9 Å². The number of methoxy groups -OCH3 is 1. The van der Waals surface area contributed by atoms with Gasteiger partial charge in [-0.15, -0.1) is 0 Å². The normalized spacial score (nSPS) is 33.9. The van der Waals surface area contributed by atoms with Crippen molar-refractivity contribution in [3.63, 3.8) is 0 Å². The first-order valence-corrected chi connectivity index (χ1v) is 22.6. The van der Waals surface area contributed by atoms with Crippen LogP contribution in [-0.4, -0.2) is 33.8 Å². The molecule has 45 heavy (non-hydrogen) atoms. The number of hydrogen-bond acceptors (Lipinski definition) is 3. The number of rotatable bonds is 10. The van der Waals surface area contributed by atoms with Crippen LogP contribution in [0.25, 0.3) is 0 Å². The summed E-state index contributed by atoms with van der Waals surface area (Å²) in [6, 6.07) is 20.6. The van der Waals surface area contributed by atoms with Crippen LogP contribution in [0.2, 0.25) is 18.1 Å². The maximum atomic E-state index is 15.0. The molecule has 8 atom stereocenters. The van der Waals surface area contributed by atoms with Gasteiger partial charge in [-0.2, -0.15) is 0 Å². The highest BCUT2D eigenvalue weighted by molar-refractivity contribution is 7.78. The van der Waals surface area contributed by atoms with Crippen LogP contribution in [0.15, 0.2) is 72.3 Å². The van der Waals surface area contributed by atoms with Gasteiger partial charge in [-0.1, -0.05) is 107 Å². The zero-order valence-electron chi connectivity index (χ0n) is 29.4. The maximum Gasteiger partial charge on any atom is 0.192 e. The van der Waals surface area contributed by atoms with Crippen molar-refractivity contribution in [2.75, 3.05) is 13.3 Å². The van der Waals surface area contributed by atoms with Gasteiger partial charge in [0.1, 0.15) is 7.14 Å². The number of allylic oxidation sites excluding steroid dienone is 1. The topological polar surface area (TPSA) is 35.5 Å². The molecule has 4 aliphatic carbocycles. The first-order valence-electron chi connectivity index (χ1n) is 17.8. The molecule has 3 nitrogen and oxygen atoms in total. The highest BCUT2D eigenvalue weighted by Gasteiger charge is 2.65. The van der Waals surface area contributed by atoms with E-state index in [4.69, 9.17) is 9.16 Å². The fourth-order valence-corrected chi connectivity index (χ4v) is 14.5. The van der Waals surface area contributed by atoms with Crippen LogP contribution in [0.5, 0.6) is 0 Å². The van der Waals surface area contributed by atoms with Gasteiger partial charge < -0.3 is 13.7 Å². The Hall–Kier alpha value is -1.45. The molecule has 2 aromatic rings. The third kappa shape index (κ3) is 6.05. The molecule has 0 heterocycles. The van der Waals surface area contributed by atoms with Crippen LogP contribution in [0.1, 0.15) is 86.0 Å². The van der Waals surface area contributed by atoms with Crippen molar-refractivity contribution in [2.24, 2.45) is 34.5 Å². The minimum absolute atomic E-state index is 0.195. The molecule has 0 radical (unpaired) electrons. The molecular formula is C40H59O3PSi. The quantitative estimate of drug-likeness (QED) is 0.146. The first-order chi connectivity index (χ1) is 21.2. The molecule has 0 amide bonds. The molecule has 0 N–H and O–H groups in total. The van der Waals surface area contributed by atoms with Gasteiger partial charge in [-0.05, 0) is 98.6 Å². The highest BCUT2D eigenvalue weighted by Crippen LogP contribution is 2.68. The summed E-state index contributed by atoms with van der Waals surface area (Å²) in [6.07, 6.45) is 13.8. The SMILES string of the molecule is COC(/C=C1/CCC[C@@]2(C)C1CCC2[C@H](C)CP(=O)(c1ccccc1)c1ccccc1)C12CC(O[Si](C)(C)C(C)(C)C)CC1C2. The van der Waals surface area contributed by atoms with Crippen LogP contribution in [0.4, 0.5) is 0 Å². The molecule has 0 saturated heterocycles. The molecule has 0 spiro atoms. The second-order valence-corrected chi connectivity index (χ2v) is 24.8. The van der Waals surface area contributed by atoms with Crippen molar-refractivity contribution >= 4 is 26.1 Å². The van der Waals surface area contributed by atoms with Crippen LogP contribution >= 0.6 is 7.14 Å². The van der Waals surface area contributed by atoms with Crippen molar-refractivity contribution in [3.05, 3.63) is 72.3 Å². The second kappa shape index (κ2) is 12.2. The molecular weight excluding hydrogens is 587 g/mol. The monoisotopic (exact) mass is 646 g/mol. The number of fused-ring (bicyclic) bond motifs is 2. The van der Waals surface area contributed by atoms with E-state index in [0.717, 1.165) is 29.1 Å². The maximum absolute atomic E-state index is 15.0. The zero-order chi connectivity index (χ0) is 32.3. The van der Waals surface area contributed by atoms with E-state index in [2.05, 4.69) is 78.1 Å². The van der Waals surface area contributed by atoms with E-state index in [-0.39, 0.29) is 22.0 Å². The molecule has 4 fully saturated rings. The summed E-state index contributed by atoms with van der Waals surface area (Å²) in [6.45, 7) is 16.8. The smallest absolute Gasteiger partial charge is 0.192 e. The molecule has 6 unspecified atom stereocenters. The standard InChI is InChI=1S/C40H59O3PSi/c1-29(28-44(41,33-17-11-9-12-18-33)34-19-13-10-14-20-34)35-21-22-36-30(16-15-23-39(35,36)5)24-37(42-6)40-26-31(40)25-32(27-40)43-45(7,8)38(2,3)4/h9-14,17-20,24,29,31-32,35-37H,15-16,21-23,25-28H2,1-8H3/b30-24-/t29-,31?,32?,35?,36?,37?,39-,40?/m1/s1. The van der Waals surface area contributed by atoms with E-state index in [1.807, 2.05) is 43.5 Å². The van der Waals surface area contributed by atoms with Crippen molar-refractivity contribution in [1.29, 1.82) is 0 Å². The zero-order valence-corrected chi connectivity index (χ0v) is 31.2. The Labute approximate surface area is 275 Å². The molecule has 6 rings (SSSR count). The van der Waals surface area contributed by atoms with E-state index in [0.29, 0.717) is 23.9 Å². The number of benzene rings is 2. The van der Waals surface area contributed by atoms with E-state index in [9.17, 15) is 0 Å². The molecule has 4 saturated carbocycles. The average molecular weight is 647 g/mol. The van der Waals surface area contributed by atoms with Gasteiger partial charge in [0.05, 0.1) is 6.10 Å². The summed E-state index contributed by atoms with van der Waals surface area (Å²) in [7, 11) is -2.58. The predicted octanol–water partition coefficient (Wildman–Crippen LogP) is 9.98. The average Bonchev–Trinajstić information content (AvgIpc) is 3.37. The largest absolute Gasteiger partial charge is 0.414 e. The highest BCUT2D eigenvalue weighted by atomic mass is 31.2. The van der Waals surface area contributed by atoms with Gasteiger partial charge in [0.25, 0.3) is 0 Å². The van der Waals surface area contributed by atoms with Crippen LogP contribution < -0.4 is 10.6 Å². The minimum atomic E-state index is -2.75. The Balaban J connectivity index is 1.20. The Morgan fingerprint density at radius 1 is 1.00 bits per heavy atom. The summed E-state index contributed by atoms with van der Waals surface area (Å²) in [5.74, 6) is 2.32. The molecule has 4 aliphatic rings. The summed E-state index contributed by atoms with van der Waals surface area (Å²) in [5.41, 5.74) is 2.18. The van der Waals surface area contributed by atoms with Gasteiger partial charge in [-0.25, -0.2) is 0 Å². The van der Waals surface area contributed by atoms with E-state index in [1.54, 1.807) is 5.57 Å². The van der Waals surface area contributed by atoms with Gasteiger partial charge in [0.2, 0.25) is 0 Å². The predicted molar refractivity (Wildman–Crippen MR) is 193 cm³/mol. The van der Waals surface area contributed by atoms with Crippen molar-refractivity contribution < 1.29 is 13.7 Å². The molecule has 0 aromatic heterocycles. The van der Waals surface area contributed by atoms with Gasteiger partial charge >= 0.3 is 0 Å². The fourth-order valence-electron chi connectivity index (χ4n) is 10.0. The summed E-state index contributed by atoms with van der Waals surface area (Å²) < 4.78 is 28.3. The lowest BCUT2D eigenvalue weighted by molar-refractivity contribution is 0.0568. The van der Waals surface area contributed by atoms with Gasteiger partial charge in [0, 0.05) is 35.4 Å². The summed E-state index contributed by atoms with van der Waals surface area (Å²) >= 11 is 0.